The van der Waals surface area contributed by atoms with Crippen LogP contribution in [0.2, 0.25) is 5.02 Å². The minimum Gasteiger partial charge on any atom is -0.424 e. The Morgan fingerprint density at radius 3 is 2.28 bits per heavy atom. The van der Waals surface area contributed by atoms with Gasteiger partial charge in [0.2, 0.25) is 17.2 Å². The van der Waals surface area contributed by atoms with Gasteiger partial charge in [-0.25, -0.2) is 4.98 Å². The van der Waals surface area contributed by atoms with Crippen molar-refractivity contribution in [3.8, 4) is 0 Å². The van der Waals surface area contributed by atoms with Crippen molar-refractivity contribution in [3.05, 3.63) is 76.6 Å². The number of halogens is 1. The van der Waals surface area contributed by atoms with Gasteiger partial charge in [-0.05, 0) is 37.1 Å². The summed E-state index contributed by atoms with van der Waals surface area (Å²) in [7, 11) is -3.61. The summed E-state index contributed by atoms with van der Waals surface area (Å²) >= 11 is 5.95. The van der Waals surface area contributed by atoms with Gasteiger partial charge in [0.15, 0.2) is 0 Å². The SMILES string of the molecule is CCOP(=O)(OCC)c1nc(Cc2ccc(Cl)cc2)oc1NCc1ccccc1. The summed E-state index contributed by atoms with van der Waals surface area (Å²) in [6, 6.07) is 17.2. The molecule has 2 aromatic carbocycles. The van der Waals surface area contributed by atoms with E-state index in [9.17, 15) is 4.57 Å². The number of aromatic nitrogens is 1. The summed E-state index contributed by atoms with van der Waals surface area (Å²) in [6.45, 7) is 4.47. The highest BCUT2D eigenvalue weighted by Gasteiger charge is 2.35. The number of nitrogens with zero attached hydrogens (tertiary/aromatic N) is 1. The molecule has 0 saturated heterocycles. The third-order valence-electron chi connectivity index (χ3n) is 4.08. The number of benzene rings is 2. The van der Waals surface area contributed by atoms with Crippen molar-refractivity contribution in [2.75, 3.05) is 18.5 Å². The van der Waals surface area contributed by atoms with Crippen LogP contribution in [0, 0.1) is 0 Å². The first-order valence-electron chi connectivity index (χ1n) is 9.45. The van der Waals surface area contributed by atoms with E-state index in [1.54, 1.807) is 26.0 Å². The second-order valence-corrected chi connectivity index (χ2v) is 8.61. The van der Waals surface area contributed by atoms with Crippen molar-refractivity contribution < 1.29 is 18.0 Å². The van der Waals surface area contributed by atoms with Gasteiger partial charge < -0.3 is 18.8 Å². The molecule has 0 amide bonds. The molecule has 3 aromatic rings. The Hall–Kier alpha value is -2.11. The molecule has 0 aliphatic heterocycles. The molecule has 0 atom stereocenters. The maximum absolute atomic E-state index is 13.3. The van der Waals surface area contributed by atoms with Crippen LogP contribution in [0.1, 0.15) is 30.9 Å². The van der Waals surface area contributed by atoms with Crippen LogP contribution in [0.25, 0.3) is 0 Å². The predicted molar refractivity (Wildman–Crippen MR) is 115 cm³/mol. The second-order valence-electron chi connectivity index (χ2n) is 6.24. The molecule has 0 fully saturated rings. The Bertz CT molecular complexity index is 951. The largest absolute Gasteiger partial charge is 0.424 e. The number of oxazole rings is 1. The van der Waals surface area contributed by atoms with Crippen LogP contribution in [0.15, 0.2) is 59.0 Å². The lowest BCUT2D eigenvalue weighted by Crippen LogP contribution is -2.16. The van der Waals surface area contributed by atoms with Crippen molar-refractivity contribution in [2.24, 2.45) is 0 Å². The summed E-state index contributed by atoms with van der Waals surface area (Å²) in [5.74, 6) is 0.709. The molecule has 1 N–H and O–H groups in total. The number of hydrogen-bond acceptors (Lipinski definition) is 6. The highest BCUT2D eigenvalue weighted by atomic mass is 35.5. The van der Waals surface area contributed by atoms with Crippen LogP contribution < -0.4 is 10.8 Å². The van der Waals surface area contributed by atoms with E-state index < -0.39 is 7.60 Å². The first-order valence-corrected chi connectivity index (χ1v) is 11.4. The Balaban J connectivity index is 1.91. The van der Waals surface area contributed by atoms with E-state index in [-0.39, 0.29) is 18.6 Å². The Kier molecular flexibility index (Phi) is 7.51. The molecular weight excluding hydrogens is 411 g/mol. The van der Waals surface area contributed by atoms with Gasteiger partial charge in [0.05, 0.1) is 13.2 Å². The van der Waals surface area contributed by atoms with E-state index >= 15 is 0 Å². The van der Waals surface area contributed by atoms with E-state index in [4.69, 9.17) is 25.1 Å². The van der Waals surface area contributed by atoms with Crippen LogP contribution >= 0.6 is 19.2 Å². The summed E-state index contributed by atoms with van der Waals surface area (Å²) in [4.78, 5) is 4.47. The quantitative estimate of drug-likeness (QED) is 0.429. The van der Waals surface area contributed by atoms with Crippen LogP contribution in [0.4, 0.5) is 5.88 Å². The highest BCUT2D eigenvalue weighted by Crippen LogP contribution is 2.48. The topological polar surface area (TPSA) is 73.6 Å². The fourth-order valence-electron chi connectivity index (χ4n) is 2.79. The molecule has 8 heteroatoms. The Morgan fingerprint density at radius 1 is 1.00 bits per heavy atom. The molecule has 0 aliphatic rings. The maximum atomic E-state index is 13.3. The maximum Gasteiger partial charge on any atom is 0.385 e. The average Bonchev–Trinajstić information content (AvgIpc) is 3.13. The fraction of sp³-hybridized carbons (Fsp3) is 0.286. The van der Waals surface area contributed by atoms with Crippen molar-refractivity contribution >= 4 is 30.5 Å². The second kappa shape index (κ2) is 10.1. The molecular formula is C21H24ClN2O4P. The average molecular weight is 435 g/mol. The Morgan fingerprint density at radius 2 is 1.66 bits per heavy atom. The molecule has 154 valence electrons. The smallest absolute Gasteiger partial charge is 0.385 e. The highest BCUT2D eigenvalue weighted by molar-refractivity contribution is 7.62. The normalized spacial score (nSPS) is 11.6. The van der Waals surface area contributed by atoms with Crippen molar-refractivity contribution in [3.63, 3.8) is 0 Å². The van der Waals surface area contributed by atoms with Crippen LogP contribution in [0.3, 0.4) is 0 Å². The number of nitrogens with one attached hydrogen (secondary N) is 1. The van der Waals surface area contributed by atoms with Crippen molar-refractivity contribution in [1.29, 1.82) is 0 Å². The fourth-order valence-corrected chi connectivity index (χ4v) is 4.52. The molecule has 6 nitrogen and oxygen atoms in total. The van der Waals surface area contributed by atoms with Crippen LogP contribution in [-0.4, -0.2) is 18.2 Å². The third-order valence-corrected chi connectivity index (χ3v) is 6.35. The van der Waals surface area contributed by atoms with Crippen molar-refractivity contribution in [1.82, 2.24) is 4.98 Å². The first kappa shape index (κ1) is 21.6. The lowest BCUT2D eigenvalue weighted by Gasteiger charge is -2.15. The standard InChI is InChI=1S/C21H24ClN2O4P/c1-3-26-29(25,27-4-2)21-20(23-15-17-8-6-5-7-9-17)28-19(24-21)14-16-10-12-18(22)13-11-16/h5-13,23H,3-4,14-15H2,1-2H3. The van der Waals surface area contributed by atoms with E-state index in [0.717, 1.165) is 11.1 Å². The third kappa shape index (κ3) is 5.71. The van der Waals surface area contributed by atoms with Gasteiger partial charge in [-0.2, -0.15) is 0 Å². The monoisotopic (exact) mass is 434 g/mol. The molecule has 29 heavy (non-hydrogen) atoms. The molecule has 1 aromatic heterocycles. The van der Waals surface area contributed by atoms with E-state index in [1.807, 2.05) is 42.5 Å². The van der Waals surface area contributed by atoms with Gasteiger partial charge in [-0.3, -0.25) is 4.57 Å². The summed E-state index contributed by atoms with van der Waals surface area (Å²) in [6.07, 6.45) is 0.426. The number of anilines is 1. The molecule has 0 spiro atoms. The Labute approximate surface area is 175 Å². The molecule has 1 heterocycles. The summed E-state index contributed by atoms with van der Waals surface area (Å²) in [5, 5.41) is 3.84. The number of rotatable bonds is 10. The zero-order chi connectivity index (χ0) is 20.7. The zero-order valence-electron chi connectivity index (χ0n) is 16.4. The molecule has 0 saturated carbocycles. The lowest BCUT2D eigenvalue weighted by molar-refractivity contribution is 0.229. The molecule has 3 rings (SSSR count). The summed E-state index contributed by atoms with van der Waals surface area (Å²) in [5.41, 5.74) is 2.19. The van der Waals surface area contributed by atoms with Gasteiger partial charge in [0, 0.05) is 18.0 Å². The van der Waals surface area contributed by atoms with Gasteiger partial charge in [0.25, 0.3) is 0 Å². The van der Waals surface area contributed by atoms with Gasteiger partial charge >= 0.3 is 7.60 Å². The minimum absolute atomic E-state index is 0.168. The molecule has 0 unspecified atom stereocenters. The van der Waals surface area contributed by atoms with Crippen molar-refractivity contribution in [2.45, 2.75) is 26.8 Å². The van der Waals surface area contributed by atoms with Crippen LogP contribution in [0.5, 0.6) is 0 Å². The van der Waals surface area contributed by atoms with Gasteiger partial charge in [-0.1, -0.05) is 54.1 Å². The van der Waals surface area contributed by atoms with Crippen LogP contribution in [-0.2, 0) is 26.6 Å². The minimum atomic E-state index is -3.61. The molecule has 0 bridgehead atoms. The van der Waals surface area contributed by atoms with E-state index in [1.165, 1.54) is 0 Å². The zero-order valence-corrected chi connectivity index (χ0v) is 18.1. The molecule has 0 radical (unpaired) electrons. The summed E-state index contributed by atoms with van der Waals surface area (Å²) < 4.78 is 30.2. The van der Waals surface area contributed by atoms with Gasteiger partial charge in [0.1, 0.15) is 0 Å². The number of hydrogen-bond donors (Lipinski definition) is 1. The van der Waals surface area contributed by atoms with E-state index in [0.29, 0.717) is 29.8 Å². The lowest BCUT2D eigenvalue weighted by atomic mass is 10.1. The van der Waals surface area contributed by atoms with E-state index in [2.05, 4.69) is 10.3 Å². The molecule has 0 aliphatic carbocycles. The van der Waals surface area contributed by atoms with Gasteiger partial charge in [-0.15, -0.1) is 0 Å². The first-order chi connectivity index (χ1) is 14.0. The predicted octanol–water partition coefficient (Wildman–Crippen LogP) is 5.42.